The fourth-order valence-corrected chi connectivity index (χ4v) is 0.227. The number of hydrogen-bond donors (Lipinski definition) is 4. The van der Waals surface area contributed by atoms with Gasteiger partial charge in [0.05, 0.1) is 12.2 Å². The summed E-state index contributed by atoms with van der Waals surface area (Å²) < 4.78 is 0. The Kier molecular flexibility index (Phi) is 9.79. The van der Waals surface area contributed by atoms with Crippen molar-refractivity contribution in [2.24, 2.45) is 0 Å². The summed E-state index contributed by atoms with van der Waals surface area (Å²) in [5, 5.41) is 33.3. The third-order valence-electron chi connectivity index (χ3n) is 1.27. The summed E-state index contributed by atoms with van der Waals surface area (Å²) >= 11 is 0. The van der Waals surface area contributed by atoms with Crippen LogP contribution in [-0.2, 0) is 9.59 Å². The first-order chi connectivity index (χ1) is 6.36. The van der Waals surface area contributed by atoms with E-state index in [1.54, 1.807) is 0 Å². The highest BCUT2D eigenvalue weighted by molar-refractivity contribution is 5.56. The van der Waals surface area contributed by atoms with Gasteiger partial charge in [0.2, 0.25) is 0 Å². The van der Waals surface area contributed by atoms with Crippen molar-refractivity contribution >= 4 is 12.6 Å². The predicted octanol–water partition coefficient (Wildman–Crippen LogP) is -2.15. The summed E-state index contributed by atoms with van der Waals surface area (Å²) in [6, 6.07) is 0. The number of carbonyl (C=O) groups excluding carboxylic acids is 2. The Hall–Kier alpha value is -0.820. The van der Waals surface area contributed by atoms with Crippen LogP contribution >= 0.6 is 0 Å². The van der Waals surface area contributed by atoms with Crippen LogP contribution in [0.4, 0.5) is 0 Å². The molecular formula is C8H16O6. The maximum Gasteiger partial charge on any atom is 0.151 e. The number of hydrogen-bond acceptors (Lipinski definition) is 6. The quantitative estimate of drug-likeness (QED) is 0.392. The lowest BCUT2D eigenvalue weighted by molar-refractivity contribution is -0.120. The van der Waals surface area contributed by atoms with Gasteiger partial charge in [-0.1, -0.05) is 0 Å². The van der Waals surface area contributed by atoms with Crippen LogP contribution in [0.5, 0.6) is 0 Å². The number of rotatable bonds is 4. The van der Waals surface area contributed by atoms with Gasteiger partial charge in [0.1, 0.15) is 12.2 Å². The topological polar surface area (TPSA) is 115 Å². The van der Waals surface area contributed by atoms with E-state index in [9.17, 15) is 9.59 Å². The van der Waals surface area contributed by atoms with Crippen molar-refractivity contribution in [1.82, 2.24) is 0 Å². The van der Waals surface area contributed by atoms with Crippen LogP contribution in [0.3, 0.4) is 0 Å². The zero-order chi connectivity index (χ0) is 11.7. The third-order valence-corrected chi connectivity index (χ3v) is 1.27. The van der Waals surface area contributed by atoms with Crippen molar-refractivity contribution in [3.63, 3.8) is 0 Å². The normalized spacial score (nSPS) is 18.1. The molecule has 0 fully saturated rings. The van der Waals surface area contributed by atoms with Crippen molar-refractivity contribution in [2.75, 3.05) is 0 Å². The number of aliphatic hydroxyl groups excluding tert-OH is 4. The molecule has 0 heterocycles. The Bertz CT molecular complexity index is 138. The van der Waals surface area contributed by atoms with Crippen LogP contribution in [0.1, 0.15) is 13.8 Å². The summed E-state index contributed by atoms with van der Waals surface area (Å²) in [6.07, 6.45) is -3.75. The summed E-state index contributed by atoms with van der Waals surface area (Å²) in [7, 11) is 0. The van der Waals surface area contributed by atoms with E-state index in [0.29, 0.717) is 12.6 Å². The molecule has 0 aliphatic carbocycles. The van der Waals surface area contributed by atoms with Crippen molar-refractivity contribution in [2.45, 2.75) is 38.3 Å². The van der Waals surface area contributed by atoms with Gasteiger partial charge < -0.3 is 30.0 Å². The first-order valence-corrected chi connectivity index (χ1v) is 3.99. The standard InChI is InChI=1S/2C4H8O3/c2*1-3(6)4(7)2-5/h2*2-4,6-7H,1H3. The van der Waals surface area contributed by atoms with Gasteiger partial charge in [0, 0.05) is 0 Å². The van der Waals surface area contributed by atoms with Gasteiger partial charge in [-0.25, -0.2) is 0 Å². The number of aliphatic hydroxyl groups is 4. The van der Waals surface area contributed by atoms with Gasteiger partial charge in [-0.15, -0.1) is 0 Å². The van der Waals surface area contributed by atoms with Crippen LogP contribution < -0.4 is 0 Å². The smallest absolute Gasteiger partial charge is 0.151 e. The monoisotopic (exact) mass is 208 g/mol. The molecular weight excluding hydrogens is 192 g/mol. The molecule has 0 aromatic rings. The second-order valence-electron chi connectivity index (χ2n) is 2.73. The summed E-state index contributed by atoms with van der Waals surface area (Å²) in [6.45, 7) is 2.69. The molecule has 0 aliphatic heterocycles. The molecule has 0 amide bonds. The largest absolute Gasteiger partial charge is 0.390 e. The second kappa shape index (κ2) is 8.76. The van der Waals surface area contributed by atoms with E-state index in [4.69, 9.17) is 20.4 Å². The minimum absolute atomic E-state index is 0.296. The average molecular weight is 208 g/mol. The Labute approximate surface area is 81.8 Å². The minimum atomic E-state index is -1.22. The molecule has 0 bridgehead atoms. The van der Waals surface area contributed by atoms with Crippen molar-refractivity contribution in [1.29, 1.82) is 0 Å². The molecule has 0 aliphatic rings. The molecule has 0 radical (unpaired) electrons. The van der Waals surface area contributed by atoms with E-state index in [0.717, 1.165) is 0 Å². The zero-order valence-corrected chi connectivity index (χ0v) is 8.07. The van der Waals surface area contributed by atoms with Gasteiger partial charge in [0.25, 0.3) is 0 Å². The molecule has 14 heavy (non-hydrogen) atoms. The van der Waals surface area contributed by atoms with Crippen LogP contribution in [0.2, 0.25) is 0 Å². The molecule has 4 N–H and O–H groups in total. The molecule has 0 saturated heterocycles. The van der Waals surface area contributed by atoms with Gasteiger partial charge in [-0.05, 0) is 13.8 Å². The molecule has 0 aromatic heterocycles. The Morgan fingerprint density at radius 2 is 1.00 bits per heavy atom. The Balaban J connectivity index is 0. The molecule has 0 saturated carbocycles. The number of carbonyl (C=O) groups is 2. The van der Waals surface area contributed by atoms with Crippen molar-refractivity contribution in [3.8, 4) is 0 Å². The van der Waals surface area contributed by atoms with Gasteiger partial charge in [0.15, 0.2) is 12.6 Å². The lowest BCUT2D eigenvalue weighted by atomic mass is 10.3. The molecule has 0 aromatic carbocycles. The maximum absolute atomic E-state index is 9.54. The predicted molar refractivity (Wildman–Crippen MR) is 47.5 cm³/mol. The summed E-state index contributed by atoms with van der Waals surface area (Å²) in [4.78, 5) is 19.1. The fourth-order valence-electron chi connectivity index (χ4n) is 0.227. The first-order valence-electron chi connectivity index (χ1n) is 3.99. The van der Waals surface area contributed by atoms with Crippen LogP contribution in [0.15, 0.2) is 0 Å². The lowest BCUT2D eigenvalue weighted by Gasteiger charge is -2.02. The van der Waals surface area contributed by atoms with E-state index in [-0.39, 0.29) is 0 Å². The van der Waals surface area contributed by atoms with E-state index in [1.165, 1.54) is 13.8 Å². The molecule has 6 heteroatoms. The highest BCUT2D eigenvalue weighted by Gasteiger charge is 2.06. The first kappa shape index (κ1) is 15.6. The Morgan fingerprint density at radius 3 is 1.00 bits per heavy atom. The summed E-state index contributed by atoms with van der Waals surface area (Å²) in [5.74, 6) is 0. The second-order valence-corrected chi connectivity index (χ2v) is 2.73. The molecule has 4 unspecified atom stereocenters. The maximum atomic E-state index is 9.54. The summed E-state index contributed by atoms with van der Waals surface area (Å²) in [5.41, 5.74) is 0. The molecule has 0 spiro atoms. The SMILES string of the molecule is CC(O)C(O)C=O.CC(O)C(O)C=O. The van der Waals surface area contributed by atoms with Gasteiger partial charge in [-0.2, -0.15) is 0 Å². The Morgan fingerprint density at radius 1 is 0.786 bits per heavy atom. The zero-order valence-electron chi connectivity index (χ0n) is 8.07. The molecule has 84 valence electrons. The van der Waals surface area contributed by atoms with Crippen molar-refractivity contribution in [3.05, 3.63) is 0 Å². The number of aldehydes is 2. The fraction of sp³-hybridized carbons (Fsp3) is 0.750. The molecule has 4 atom stereocenters. The highest BCUT2D eigenvalue weighted by Crippen LogP contribution is 1.84. The van der Waals surface area contributed by atoms with Crippen LogP contribution in [0, 0.1) is 0 Å². The van der Waals surface area contributed by atoms with E-state index < -0.39 is 24.4 Å². The van der Waals surface area contributed by atoms with E-state index in [2.05, 4.69) is 0 Å². The third kappa shape index (κ3) is 9.27. The average Bonchev–Trinajstić information content (AvgIpc) is 2.15. The molecule has 6 nitrogen and oxygen atoms in total. The van der Waals surface area contributed by atoms with Crippen LogP contribution in [0.25, 0.3) is 0 Å². The van der Waals surface area contributed by atoms with Crippen LogP contribution in [-0.4, -0.2) is 57.4 Å². The van der Waals surface area contributed by atoms with E-state index in [1.807, 2.05) is 0 Å². The van der Waals surface area contributed by atoms with Gasteiger partial charge in [-0.3, -0.25) is 0 Å². The minimum Gasteiger partial charge on any atom is -0.390 e. The van der Waals surface area contributed by atoms with E-state index >= 15 is 0 Å². The lowest BCUT2D eigenvalue weighted by Crippen LogP contribution is -2.23. The molecule has 0 rings (SSSR count). The van der Waals surface area contributed by atoms with Crippen molar-refractivity contribution < 1.29 is 30.0 Å². The van der Waals surface area contributed by atoms with Gasteiger partial charge >= 0.3 is 0 Å². The highest BCUT2D eigenvalue weighted by atomic mass is 16.3.